The number of rotatable bonds is 4. The van der Waals surface area contributed by atoms with Crippen molar-refractivity contribution < 1.29 is 14.0 Å². The van der Waals surface area contributed by atoms with Crippen LogP contribution in [0.3, 0.4) is 0 Å². The summed E-state index contributed by atoms with van der Waals surface area (Å²) in [5.41, 5.74) is 2.43. The molecular formula is C20H16N4O3. The van der Waals surface area contributed by atoms with Gasteiger partial charge >= 0.3 is 0 Å². The molecule has 1 aliphatic rings. The molecule has 0 aliphatic carbocycles. The molecule has 1 aliphatic heterocycles. The molecule has 4 rings (SSSR count). The Morgan fingerprint density at radius 1 is 1.15 bits per heavy atom. The topological polar surface area (TPSA) is 87.8 Å². The fraction of sp³-hybridized carbons (Fsp3) is 0.100. The van der Waals surface area contributed by atoms with Gasteiger partial charge in [0.25, 0.3) is 5.91 Å². The van der Waals surface area contributed by atoms with Crippen molar-refractivity contribution in [1.29, 1.82) is 0 Å². The second kappa shape index (κ2) is 6.87. The number of nitrogens with zero attached hydrogens (tertiary/aromatic N) is 3. The number of hydrogen-bond acceptors (Lipinski definition) is 5. The van der Waals surface area contributed by atoms with Gasteiger partial charge in [0.15, 0.2) is 5.92 Å². The SMILES string of the molecule is CC1=NN(c2ccncc2)C(=O)C1C(=O)Nc1cccc(-c2ccco2)c1. The summed E-state index contributed by atoms with van der Waals surface area (Å²) in [6, 6.07) is 14.2. The van der Waals surface area contributed by atoms with Crippen LogP contribution in [0.2, 0.25) is 0 Å². The lowest BCUT2D eigenvalue weighted by Crippen LogP contribution is -2.36. The minimum absolute atomic E-state index is 0.390. The first-order valence-corrected chi connectivity index (χ1v) is 8.37. The van der Waals surface area contributed by atoms with E-state index in [9.17, 15) is 9.59 Å². The zero-order chi connectivity index (χ0) is 18.8. The van der Waals surface area contributed by atoms with Gasteiger partial charge in [0.2, 0.25) is 5.91 Å². The van der Waals surface area contributed by atoms with Gasteiger partial charge in [-0.3, -0.25) is 14.6 Å². The molecule has 0 saturated heterocycles. The summed E-state index contributed by atoms with van der Waals surface area (Å²) in [4.78, 5) is 29.4. The van der Waals surface area contributed by atoms with E-state index in [1.807, 2.05) is 18.2 Å². The van der Waals surface area contributed by atoms with E-state index in [4.69, 9.17) is 4.42 Å². The summed E-state index contributed by atoms with van der Waals surface area (Å²) in [6.07, 6.45) is 4.73. The maximum atomic E-state index is 12.7. The van der Waals surface area contributed by atoms with Crippen molar-refractivity contribution in [2.45, 2.75) is 6.92 Å². The number of amides is 2. The summed E-state index contributed by atoms with van der Waals surface area (Å²) in [7, 11) is 0. The molecular weight excluding hydrogens is 344 g/mol. The van der Waals surface area contributed by atoms with Crippen LogP contribution in [0.15, 0.2) is 76.7 Å². The Kier molecular flexibility index (Phi) is 4.25. The maximum Gasteiger partial charge on any atom is 0.265 e. The molecule has 7 nitrogen and oxygen atoms in total. The quantitative estimate of drug-likeness (QED) is 0.723. The smallest absolute Gasteiger partial charge is 0.265 e. The Bertz CT molecular complexity index is 1010. The highest BCUT2D eigenvalue weighted by atomic mass is 16.3. The van der Waals surface area contributed by atoms with Crippen molar-refractivity contribution in [3.8, 4) is 11.3 Å². The van der Waals surface area contributed by atoms with Gasteiger partial charge in [-0.15, -0.1) is 0 Å². The molecule has 0 spiro atoms. The normalized spacial score (nSPS) is 16.3. The van der Waals surface area contributed by atoms with Gasteiger partial charge in [-0.05, 0) is 43.3 Å². The fourth-order valence-corrected chi connectivity index (χ4v) is 2.95. The molecule has 0 saturated carbocycles. The number of anilines is 2. The number of furan rings is 1. The minimum atomic E-state index is -0.967. The molecule has 3 aromatic rings. The monoisotopic (exact) mass is 360 g/mol. The number of pyridine rings is 1. The third-order valence-electron chi connectivity index (χ3n) is 4.24. The number of hydrogen-bond donors (Lipinski definition) is 1. The van der Waals surface area contributed by atoms with Crippen LogP contribution >= 0.6 is 0 Å². The Morgan fingerprint density at radius 3 is 2.70 bits per heavy atom. The van der Waals surface area contributed by atoms with Gasteiger partial charge in [-0.25, -0.2) is 0 Å². The lowest BCUT2D eigenvalue weighted by atomic mass is 10.0. The molecule has 7 heteroatoms. The molecule has 0 radical (unpaired) electrons. The van der Waals surface area contributed by atoms with E-state index in [1.165, 1.54) is 5.01 Å². The van der Waals surface area contributed by atoms with E-state index >= 15 is 0 Å². The third kappa shape index (κ3) is 3.22. The van der Waals surface area contributed by atoms with Gasteiger partial charge in [-0.1, -0.05) is 12.1 Å². The van der Waals surface area contributed by atoms with E-state index < -0.39 is 17.7 Å². The second-order valence-electron chi connectivity index (χ2n) is 6.08. The first-order valence-electron chi connectivity index (χ1n) is 8.37. The van der Waals surface area contributed by atoms with Crippen LogP contribution in [0.25, 0.3) is 11.3 Å². The zero-order valence-electron chi connectivity index (χ0n) is 14.5. The lowest BCUT2D eigenvalue weighted by molar-refractivity contribution is -0.127. The lowest BCUT2D eigenvalue weighted by Gasteiger charge is -2.14. The molecule has 1 N–H and O–H groups in total. The van der Waals surface area contributed by atoms with Crippen LogP contribution in [-0.4, -0.2) is 22.5 Å². The first-order chi connectivity index (χ1) is 13.1. The zero-order valence-corrected chi connectivity index (χ0v) is 14.5. The van der Waals surface area contributed by atoms with Gasteiger partial charge in [0, 0.05) is 23.6 Å². The predicted octanol–water partition coefficient (Wildman–Crippen LogP) is 3.32. The number of carbonyl (C=O) groups excluding carboxylic acids is 2. The van der Waals surface area contributed by atoms with Crippen LogP contribution in [0, 0.1) is 5.92 Å². The van der Waals surface area contributed by atoms with Crippen molar-refractivity contribution in [2.75, 3.05) is 10.3 Å². The van der Waals surface area contributed by atoms with Crippen LogP contribution in [0.5, 0.6) is 0 Å². The molecule has 134 valence electrons. The Labute approximate surface area is 155 Å². The molecule has 2 aromatic heterocycles. The van der Waals surface area contributed by atoms with Gasteiger partial charge < -0.3 is 9.73 Å². The number of aromatic nitrogens is 1. The summed E-state index contributed by atoms with van der Waals surface area (Å²) in [6.45, 7) is 1.67. The van der Waals surface area contributed by atoms with Gasteiger partial charge in [0.05, 0.1) is 17.7 Å². The number of carbonyl (C=O) groups is 2. The minimum Gasteiger partial charge on any atom is -0.464 e. The van der Waals surface area contributed by atoms with Crippen LogP contribution in [0.1, 0.15) is 6.92 Å². The molecule has 0 bridgehead atoms. The summed E-state index contributed by atoms with van der Waals surface area (Å²) in [5, 5.41) is 8.27. The van der Waals surface area contributed by atoms with Crippen molar-refractivity contribution >= 4 is 28.9 Å². The molecule has 3 heterocycles. The van der Waals surface area contributed by atoms with E-state index in [2.05, 4.69) is 15.4 Å². The molecule has 27 heavy (non-hydrogen) atoms. The highest BCUT2D eigenvalue weighted by Gasteiger charge is 2.39. The van der Waals surface area contributed by atoms with Crippen molar-refractivity contribution in [2.24, 2.45) is 11.0 Å². The molecule has 1 atom stereocenters. The third-order valence-corrected chi connectivity index (χ3v) is 4.24. The molecule has 0 fully saturated rings. The average Bonchev–Trinajstić information content (AvgIpc) is 3.31. The first kappa shape index (κ1) is 16.7. The highest BCUT2D eigenvalue weighted by Crippen LogP contribution is 2.26. The van der Waals surface area contributed by atoms with Crippen molar-refractivity contribution in [1.82, 2.24) is 4.98 Å². The van der Waals surface area contributed by atoms with Crippen LogP contribution in [-0.2, 0) is 9.59 Å². The molecule has 2 amide bonds. The summed E-state index contributed by atoms with van der Waals surface area (Å²) >= 11 is 0. The Balaban J connectivity index is 1.53. The van der Waals surface area contributed by atoms with E-state index in [1.54, 1.807) is 55.9 Å². The van der Waals surface area contributed by atoms with Gasteiger partial charge in [0.1, 0.15) is 5.76 Å². The van der Waals surface area contributed by atoms with E-state index in [0.29, 0.717) is 22.8 Å². The highest BCUT2D eigenvalue weighted by molar-refractivity contribution is 6.28. The Morgan fingerprint density at radius 2 is 1.96 bits per heavy atom. The van der Waals surface area contributed by atoms with E-state index in [-0.39, 0.29) is 0 Å². The van der Waals surface area contributed by atoms with Crippen molar-refractivity contribution in [3.05, 3.63) is 67.2 Å². The number of benzene rings is 1. The van der Waals surface area contributed by atoms with Crippen molar-refractivity contribution in [3.63, 3.8) is 0 Å². The van der Waals surface area contributed by atoms with Crippen LogP contribution < -0.4 is 10.3 Å². The van der Waals surface area contributed by atoms with Gasteiger partial charge in [-0.2, -0.15) is 10.1 Å². The largest absolute Gasteiger partial charge is 0.464 e. The Hall–Kier alpha value is -3.74. The second-order valence-corrected chi connectivity index (χ2v) is 6.08. The average molecular weight is 360 g/mol. The summed E-state index contributed by atoms with van der Waals surface area (Å²) in [5.74, 6) is -1.08. The number of hydrazone groups is 1. The summed E-state index contributed by atoms with van der Waals surface area (Å²) < 4.78 is 5.38. The predicted molar refractivity (Wildman–Crippen MR) is 101 cm³/mol. The molecule has 1 unspecified atom stereocenters. The fourth-order valence-electron chi connectivity index (χ4n) is 2.95. The maximum absolute atomic E-state index is 12.7. The van der Waals surface area contributed by atoms with Crippen LogP contribution in [0.4, 0.5) is 11.4 Å². The molecule has 1 aromatic carbocycles. The number of nitrogens with one attached hydrogen (secondary N) is 1. The van der Waals surface area contributed by atoms with E-state index in [0.717, 1.165) is 5.56 Å². The standard InChI is InChI=1S/C20H16N4O3/c1-13-18(20(26)24(23-13)16-7-9-21-10-8-16)19(25)22-15-5-2-4-14(12-15)17-6-3-11-27-17/h2-12,18H,1H3,(H,22,25).